The van der Waals surface area contributed by atoms with E-state index >= 15 is 0 Å². The van der Waals surface area contributed by atoms with Crippen molar-refractivity contribution >= 4 is 21.2 Å². The van der Waals surface area contributed by atoms with Crippen molar-refractivity contribution in [2.75, 3.05) is 11.6 Å². The van der Waals surface area contributed by atoms with Crippen LogP contribution < -0.4 is 5.32 Å². The lowest BCUT2D eigenvalue weighted by molar-refractivity contribution is 0.601. The molecular weight excluding hydrogens is 350 g/mol. The summed E-state index contributed by atoms with van der Waals surface area (Å²) in [6.07, 6.45) is 3.64. The summed E-state index contributed by atoms with van der Waals surface area (Å²) in [6, 6.07) is 9.02. The first-order valence-corrected chi connectivity index (χ1v) is 10.5. The molecule has 0 aliphatic carbocycles. The molecule has 0 saturated heterocycles. The number of fused-ring (bicyclic) bond motifs is 1. The van der Waals surface area contributed by atoms with Crippen LogP contribution in [0.15, 0.2) is 41.6 Å². The molecule has 26 heavy (non-hydrogen) atoms. The maximum atomic E-state index is 11.7. The number of sulfone groups is 1. The van der Waals surface area contributed by atoms with Gasteiger partial charge in [0.2, 0.25) is 5.65 Å². The van der Waals surface area contributed by atoms with Crippen LogP contribution in [0.1, 0.15) is 50.4 Å². The van der Waals surface area contributed by atoms with E-state index in [-0.39, 0.29) is 12.0 Å². The number of hydrogen-bond donors (Lipinski definition) is 1. The summed E-state index contributed by atoms with van der Waals surface area (Å²) in [6.45, 7) is 6.25. The minimum Gasteiger partial charge on any atom is -0.375 e. The highest BCUT2D eigenvalue weighted by atomic mass is 32.2. The van der Waals surface area contributed by atoms with E-state index in [0.29, 0.717) is 10.5 Å². The summed E-state index contributed by atoms with van der Waals surface area (Å²) < 4.78 is 25.0. The Kier molecular flexibility index (Phi) is 4.95. The number of aromatic nitrogens is 4. The summed E-state index contributed by atoms with van der Waals surface area (Å²) in [4.78, 5) is 0.321. The quantitative estimate of drug-likeness (QED) is 0.714. The molecule has 1 aromatic carbocycles. The highest BCUT2D eigenvalue weighted by molar-refractivity contribution is 7.90. The number of hydrogen-bond acceptors (Lipinski definition) is 6. The van der Waals surface area contributed by atoms with Crippen molar-refractivity contribution in [3.05, 3.63) is 47.9 Å². The van der Waals surface area contributed by atoms with Gasteiger partial charge in [-0.1, -0.05) is 32.9 Å². The Morgan fingerprint density at radius 3 is 2.46 bits per heavy atom. The topological polar surface area (TPSA) is 89.2 Å². The van der Waals surface area contributed by atoms with Crippen LogP contribution in [0.4, 0.5) is 5.69 Å². The molecule has 3 rings (SSSR count). The third-order valence-corrected chi connectivity index (χ3v) is 5.46. The van der Waals surface area contributed by atoms with Crippen LogP contribution in [0.2, 0.25) is 0 Å². The maximum absolute atomic E-state index is 11.7. The zero-order valence-corrected chi connectivity index (χ0v) is 16.2. The van der Waals surface area contributed by atoms with Crippen LogP contribution in [0.25, 0.3) is 5.65 Å². The Morgan fingerprint density at radius 2 is 1.88 bits per heavy atom. The van der Waals surface area contributed by atoms with Gasteiger partial charge in [-0.25, -0.2) is 8.42 Å². The zero-order valence-electron chi connectivity index (χ0n) is 15.3. The molecular formula is C18H23N5O2S. The van der Waals surface area contributed by atoms with E-state index in [0.717, 1.165) is 23.4 Å². The fraction of sp³-hybridized carbons (Fsp3) is 0.389. The van der Waals surface area contributed by atoms with Crippen LogP contribution in [-0.2, 0) is 9.84 Å². The van der Waals surface area contributed by atoms with E-state index < -0.39 is 9.84 Å². The second-order valence-electron chi connectivity index (χ2n) is 6.68. The van der Waals surface area contributed by atoms with E-state index in [9.17, 15) is 8.42 Å². The molecule has 0 bridgehead atoms. The number of benzene rings is 1. The predicted octanol–water partition coefficient (Wildman–Crippen LogP) is 3.21. The summed E-state index contributed by atoms with van der Waals surface area (Å²) in [7, 11) is -3.20. The standard InChI is InChI=1S/C18H23N5O2S/c1-5-15(13-6-8-14(9-7-13)26(4,24)25)20-17-10-16(12(2)3)22-23-11-19-21-18(17)23/h6-12,15,20H,5H2,1-4H3. The molecule has 7 nitrogen and oxygen atoms in total. The molecule has 1 atom stereocenters. The highest BCUT2D eigenvalue weighted by Gasteiger charge is 2.16. The lowest BCUT2D eigenvalue weighted by Gasteiger charge is -2.20. The van der Waals surface area contributed by atoms with Crippen LogP contribution in [0.3, 0.4) is 0 Å². The molecule has 138 valence electrons. The molecule has 1 N–H and O–H groups in total. The van der Waals surface area contributed by atoms with E-state index in [1.54, 1.807) is 23.0 Å². The van der Waals surface area contributed by atoms with E-state index in [4.69, 9.17) is 0 Å². The van der Waals surface area contributed by atoms with Crippen molar-refractivity contribution in [2.45, 2.75) is 44.0 Å². The monoisotopic (exact) mass is 373 g/mol. The third-order valence-electron chi connectivity index (χ3n) is 4.33. The van der Waals surface area contributed by atoms with Gasteiger partial charge in [0.15, 0.2) is 9.84 Å². The molecule has 0 aliphatic rings. The molecule has 3 aromatic rings. The molecule has 1 unspecified atom stereocenters. The van der Waals surface area contributed by atoms with Gasteiger partial charge in [0.1, 0.15) is 6.33 Å². The van der Waals surface area contributed by atoms with Crippen molar-refractivity contribution in [2.24, 2.45) is 0 Å². The number of rotatable bonds is 6. The molecule has 0 radical (unpaired) electrons. The van der Waals surface area contributed by atoms with E-state index in [1.807, 2.05) is 18.2 Å². The number of nitrogens with one attached hydrogen (secondary N) is 1. The lowest BCUT2D eigenvalue weighted by Crippen LogP contribution is -2.12. The van der Waals surface area contributed by atoms with Gasteiger partial charge in [-0.15, -0.1) is 10.2 Å². The van der Waals surface area contributed by atoms with Crippen LogP contribution in [0.5, 0.6) is 0 Å². The van der Waals surface area contributed by atoms with Gasteiger partial charge in [0.25, 0.3) is 0 Å². The minimum absolute atomic E-state index is 0.0199. The SMILES string of the molecule is CCC(Nc1cc(C(C)C)nn2cnnc12)c1ccc(S(C)(=O)=O)cc1. The van der Waals surface area contributed by atoms with Gasteiger partial charge in [0.05, 0.1) is 22.3 Å². The Balaban J connectivity index is 1.95. The van der Waals surface area contributed by atoms with Crippen LogP contribution in [0, 0.1) is 0 Å². The normalized spacial score (nSPS) is 13.3. The van der Waals surface area contributed by atoms with Crippen LogP contribution in [-0.4, -0.2) is 34.5 Å². The summed E-state index contributed by atoms with van der Waals surface area (Å²) in [5.74, 6) is 0.275. The molecule has 0 fully saturated rings. The molecule has 2 aromatic heterocycles. The van der Waals surface area contributed by atoms with E-state index in [1.165, 1.54) is 6.26 Å². The Bertz CT molecular complexity index is 1010. The molecule has 0 amide bonds. The maximum Gasteiger partial charge on any atom is 0.200 e. The Morgan fingerprint density at radius 1 is 1.19 bits per heavy atom. The van der Waals surface area contributed by atoms with Gasteiger partial charge in [-0.2, -0.15) is 9.61 Å². The van der Waals surface area contributed by atoms with Gasteiger partial charge < -0.3 is 5.32 Å². The zero-order chi connectivity index (χ0) is 18.9. The molecule has 2 heterocycles. The Labute approximate surface area is 153 Å². The minimum atomic E-state index is -3.20. The largest absolute Gasteiger partial charge is 0.375 e. The highest BCUT2D eigenvalue weighted by Crippen LogP contribution is 2.27. The fourth-order valence-corrected chi connectivity index (χ4v) is 3.42. The summed E-state index contributed by atoms with van der Waals surface area (Å²) in [5.41, 5.74) is 3.49. The second-order valence-corrected chi connectivity index (χ2v) is 8.70. The average Bonchev–Trinajstić information content (AvgIpc) is 3.07. The van der Waals surface area contributed by atoms with Crippen molar-refractivity contribution in [1.29, 1.82) is 0 Å². The van der Waals surface area contributed by atoms with Crippen molar-refractivity contribution in [1.82, 2.24) is 19.8 Å². The molecule has 8 heteroatoms. The second kappa shape index (κ2) is 7.03. The first-order valence-electron chi connectivity index (χ1n) is 8.57. The van der Waals surface area contributed by atoms with Gasteiger partial charge >= 0.3 is 0 Å². The molecule has 0 spiro atoms. The molecule has 0 saturated carbocycles. The summed E-state index contributed by atoms with van der Waals surface area (Å²) >= 11 is 0. The van der Waals surface area contributed by atoms with Crippen LogP contribution >= 0.6 is 0 Å². The summed E-state index contributed by atoms with van der Waals surface area (Å²) in [5, 5.41) is 16.1. The fourth-order valence-electron chi connectivity index (χ4n) is 2.79. The smallest absolute Gasteiger partial charge is 0.200 e. The molecule has 0 aliphatic heterocycles. The first-order chi connectivity index (χ1) is 12.3. The van der Waals surface area contributed by atoms with Gasteiger partial charge in [0, 0.05) is 6.26 Å². The van der Waals surface area contributed by atoms with Crippen molar-refractivity contribution in [3.8, 4) is 0 Å². The van der Waals surface area contributed by atoms with Crippen molar-refractivity contribution in [3.63, 3.8) is 0 Å². The lowest BCUT2D eigenvalue weighted by atomic mass is 10.0. The van der Waals surface area contributed by atoms with Gasteiger partial charge in [-0.3, -0.25) is 0 Å². The average molecular weight is 373 g/mol. The van der Waals surface area contributed by atoms with Gasteiger partial charge in [-0.05, 0) is 36.1 Å². The van der Waals surface area contributed by atoms with E-state index in [2.05, 4.69) is 41.4 Å². The number of nitrogens with zero attached hydrogens (tertiary/aromatic N) is 4. The van der Waals surface area contributed by atoms with Crippen molar-refractivity contribution < 1.29 is 8.42 Å². The predicted molar refractivity (Wildman–Crippen MR) is 101 cm³/mol. The number of anilines is 1. The Hall–Kier alpha value is -2.48. The third kappa shape index (κ3) is 3.70. The first kappa shape index (κ1) is 18.3.